The highest BCUT2D eigenvalue weighted by molar-refractivity contribution is 7.11. The highest BCUT2D eigenvalue weighted by Crippen LogP contribution is 2.34. The summed E-state index contributed by atoms with van der Waals surface area (Å²) in [6, 6.07) is 0.153. The van der Waals surface area contributed by atoms with Crippen LogP contribution >= 0.6 is 11.3 Å². The van der Waals surface area contributed by atoms with Crippen molar-refractivity contribution in [3.63, 3.8) is 0 Å². The molecule has 0 bridgehead atoms. The predicted octanol–water partition coefficient (Wildman–Crippen LogP) is 3.13. The van der Waals surface area contributed by atoms with E-state index in [-0.39, 0.29) is 12.1 Å². The van der Waals surface area contributed by atoms with Gasteiger partial charge in [-0.1, -0.05) is 6.92 Å². The first-order valence-electron chi connectivity index (χ1n) is 8.59. The summed E-state index contributed by atoms with van der Waals surface area (Å²) in [6.45, 7) is 7.59. The van der Waals surface area contributed by atoms with Crippen LogP contribution in [0.1, 0.15) is 52.6 Å². The second-order valence-electron chi connectivity index (χ2n) is 6.25. The molecule has 1 aliphatic rings. The lowest BCUT2D eigenvalue weighted by Gasteiger charge is -2.25. The van der Waals surface area contributed by atoms with Crippen LogP contribution in [0, 0.1) is 13.8 Å². The molecule has 1 saturated heterocycles. The summed E-state index contributed by atoms with van der Waals surface area (Å²) in [5, 5.41) is 11.5. The molecule has 1 fully saturated rings. The van der Waals surface area contributed by atoms with Crippen molar-refractivity contribution in [2.24, 2.45) is 0 Å². The number of carbonyl (C=O) groups excluding carboxylic acids is 1. The predicted molar refractivity (Wildman–Crippen MR) is 95.3 cm³/mol. The Bertz CT molecular complexity index is 688. The minimum Gasteiger partial charge on any atom is -0.338 e. The molecular weight excluding hydrogens is 322 g/mol. The third-order valence-electron chi connectivity index (χ3n) is 4.60. The Kier molecular flexibility index (Phi) is 5.18. The molecule has 0 unspecified atom stereocenters. The van der Waals surface area contributed by atoms with Gasteiger partial charge in [-0.2, -0.15) is 5.10 Å². The fourth-order valence-corrected chi connectivity index (χ4v) is 4.23. The van der Waals surface area contributed by atoms with E-state index < -0.39 is 0 Å². The molecule has 0 saturated carbocycles. The number of thiazole rings is 1. The molecule has 0 aliphatic carbocycles. The molecule has 1 aliphatic heterocycles. The van der Waals surface area contributed by atoms with Gasteiger partial charge in [0.1, 0.15) is 0 Å². The molecule has 24 heavy (non-hydrogen) atoms. The Labute approximate surface area is 146 Å². The lowest BCUT2D eigenvalue weighted by Crippen LogP contribution is -2.40. The topological polar surface area (TPSA) is 73.9 Å². The monoisotopic (exact) mass is 347 g/mol. The Hall–Kier alpha value is -1.89. The molecule has 2 N–H and O–H groups in total. The molecule has 0 radical (unpaired) electrons. The van der Waals surface area contributed by atoms with E-state index in [2.05, 4.69) is 27.4 Å². The van der Waals surface area contributed by atoms with Crippen LogP contribution in [0.15, 0.2) is 6.20 Å². The van der Waals surface area contributed by atoms with E-state index in [9.17, 15) is 4.79 Å². The van der Waals surface area contributed by atoms with E-state index in [1.807, 2.05) is 24.9 Å². The number of nitrogens with zero attached hydrogens (tertiary/aromatic N) is 3. The Balaban J connectivity index is 1.58. The molecule has 0 aromatic carbocycles. The summed E-state index contributed by atoms with van der Waals surface area (Å²) in [6.07, 6.45) is 5.78. The number of nitrogens with one attached hydrogen (secondary N) is 2. The molecule has 0 spiro atoms. The number of hydrogen-bond acceptors (Lipinski definition) is 4. The van der Waals surface area contributed by atoms with Gasteiger partial charge in [0, 0.05) is 41.8 Å². The number of urea groups is 1. The maximum Gasteiger partial charge on any atom is 0.317 e. The van der Waals surface area contributed by atoms with Crippen LogP contribution in [0.3, 0.4) is 0 Å². The lowest BCUT2D eigenvalue weighted by atomic mass is 10.0. The zero-order valence-electron chi connectivity index (χ0n) is 14.6. The maximum absolute atomic E-state index is 12.6. The Morgan fingerprint density at radius 1 is 1.50 bits per heavy atom. The van der Waals surface area contributed by atoms with E-state index in [1.54, 1.807) is 11.3 Å². The second kappa shape index (κ2) is 7.34. The number of amides is 2. The van der Waals surface area contributed by atoms with Gasteiger partial charge < -0.3 is 10.2 Å². The van der Waals surface area contributed by atoms with Crippen molar-refractivity contribution < 1.29 is 4.79 Å². The number of hydrogen-bond donors (Lipinski definition) is 2. The fraction of sp³-hybridized carbons (Fsp3) is 0.588. The smallest absolute Gasteiger partial charge is 0.317 e. The largest absolute Gasteiger partial charge is 0.338 e. The number of aromatic amines is 1. The number of aromatic nitrogens is 3. The summed E-state index contributed by atoms with van der Waals surface area (Å²) >= 11 is 1.73. The minimum atomic E-state index is 0.0183. The minimum absolute atomic E-state index is 0.0183. The molecule has 2 aromatic heterocycles. The SMILES string of the molecule is CCc1cnc(CCNC(=O)N2CCC[C@@H]2c2c(C)n[nH]c2C)s1. The van der Waals surface area contributed by atoms with Crippen molar-refractivity contribution in [2.45, 2.75) is 52.5 Å². The number of H-pyrrole nitrogens is 1. The van der Waals surface area contributed by atoms with Gasteiger partial charge in [-0.3, -0.25) is 5.10 Å². The average Bonchev–Trinajstić information content (AvgIpc) is 3.27. The van der Waals surface area contributed by atoms with Gasteiger partial charge in [0.15, 0.2) is 0 Å². The number of likely N-dealkylation sites (tertiary alicyclic amines) is 1. The molecule has 2 amide bonds. The third kappa shape index (κ3) is 3.45. The summed E-state index contributed by atoms with van der Waals surface area (Å²) in [7, 11) is 0. The summed E-state index contributed by atoms with van der Waals surface area (Å²) in [5.74, 6) is 0. The number of aryl methyl sites for hydroxylation is 3. The van der Waals surface area contributed by atoms with Gasteiger partial charge in [-0.15, -0.1) is 11.3 Å². The standard InChI is InChI=1S/C17H25N5OS/c1-4-13-10-19-15(24-13)7-8-18-17(23)22-9-5-6-14(22)16-11(2)20-21-12(16)3/h10,14H,4-9H2,1-3H3,(H,18,23)(H,20,21)/t14-/m1/s1. The van der Waals surface area contributed by atoms with Crippen molar-refractivity contribution in [1.29, 1.82) is 0 Å². The first-order chi connectivity index (χ1) is 11.6. The molecule has 130 valence electrons. The number of rotatable bonds is 5. The first-order valence-corrected chi connectivity index (χ1v) is 9.41. The zero-order chi connectivity index (χ0) is 17.1. The van der Waals surface area contributed by atoms with E-state index >= 15 is 0 Å². The van der Waals surface area contributed by atoms with E-state index in [0.29, 0.717) is 6.54 Å². The first kappa shape index (κ1) is 17.0. The van der Waals surface area contributed by atoms with Crippen LogP contribution in [-0.4, -0.2) is 39.2 Å². The van der Waals surface area contributed by atoms with Crippen LogP contribution in [0.5, 0.6) is 0 Å². The molecule has 7 heteroatoms. The van der Waals surface area contributed by atoms with E-state index in [1.165, 1.54) is 10.4 Å². The summed E-state index contributed by atoms with van der Waals surface area (Å²) in [4.78, 5) is 20.2. The molecule has 1 atom stereocenters. The lowest BCUT2D eigenvalue weighted by molar-refractivity contribution is 0.193. The van der Waals surface area contributed by atoms with Crippen LogP contribution in [-0.2, 0) is 12.8 Å². The van der Waals surface area contributed by atoms with Gasteiger partial charge in [-0.25, -0.2) is 9.78 Å². The highest BCUT2D eigenvalue weighted by atomic mass is 32.1. The van der Waals surface area contributed by atoms with Crippen molar-refractivity contribution in [3.8, 4) is 0 Å². The Morgan fingerprint density at radius 2 is 2.33 bits per heavy atom. The highest BCUT2D eigenvalue weighted by Gasteiger charge is 2.32. The van der Waals surface area contributed by atoms with Crippen LogP contribution < -0.4 is 5.32 Å². The zero-order valence-corrected chi connectivity index (χ0v) is 15.4. The van der Waals surface area contributed by atoms with Gasteiger partial charge in [0.25, 0.3) is 0 Å². The van der Waals surface area contributed by atoms with Crippen LogP contribution in [0.2, 0.25) is 0 Å². The van der Waals surface area contributed by atoms with E-state index in [0.717, 1.165) is 48.6 Å². The molecule has 6 nitrogen and oxygen atoms in total. The normalized spacial score (nSPS) is 17.5. The molecule has 2 aromatic rings. The van der Waals surface area contributed by atoms with Crippen molar-refractivity contribution in [2.75, 3.05) is 13.1 Å². The van der Waals surface area contributed by atoms with Gasteiger partial charge in [0.05, 0.1) is 16.7 Å². The molecule has 3 heterocycles. The van der Waals surface area contributed by atoms with Crippen molar-refractivity contribution in [1.82, 2.24) is 25.4 Å². The van der Waals surface area contributed by atoms with Crippen LogP contribution in [0.4, 0.5) is 4.79 Å². The quantitative estimate of drug-likeness (QED) is 0.872. The van der Waals surface area contributed by atoms with Gasteiger partial charge in [-0.05, 0) is 33.1 Å². The Morgan fingerprint density at radius 3 is 3.00 bits per heavy atom. The van der Waals surface area contributed by atoms with E-state index in [4.69, 9.17) is 0 Å². The number of carbonyl (C=O) groups is 1. The fourth-order valence-electron chi connectivity index (χ4n) is 3.37. The summed E-state index contributed by atoms with van der Waals surface area (Å²) < 4.78 is 0. The third-order valence-corrected chi connectivity index (χ3v) is 5.80. The summed E-state index contributed by atoms with van der Waals surface area (Å²) in [5.41, 5.74) is 3.23. The average molecular weight is 347 g/mol. The van der Waals surface area contributed by atoms with Gasteiger partial charge >= 0.3 is 6.03 Å². The molecular formula is C17H25N5OS. The van der Waals surface area contributed by atoms with Crippen molar-refractivity contribution >= 4 is 17.4 Å². The van der Waals surface area contributed by atoms with Gasteiger partial charge in [0.2, 0.25) is 0 Å². The second-order valence-corrected chi connectivity index (χ2v) is 7.45. The van der Waals surface area contributed by atoms with Crippen molar-refractivity contribution in [3.05, 3.63) is 33.0 Å². The molecule has 3 rings (SSSR count). The van der Waals surface area contributed by atoms with Crippen LogP contribution in [0.25, 0.3) is 0 Å². The maximum atomic E-state index is 12.6.